The molecule has 0 aliphatic carbocycles. The molecule has 0 spiro atoms. The lowest BCUT2D eigenvalue weighted by molar-refractivity contribution is 0.120. The minimum Gasteiger partial charge on any atom is -0.468 e. The van der Waals surface area contributed by atoms with E-state index in [0.717, 1.165) is 16.8 Å². The fourth-order valence-electron chi connectivity index (χ4n) is 1.76. The monoisotopic (exact) mass is 323 g/mol. The number of halogens is 1. The van der Waals surface area contributed by atoms with E-state index in [-0.39, 0.29) is 6.04 Å². The maximum Gasteiger partial charge on any atom is 0.120 e. The molecule has 1 atom stereocenters. The van der Waals surface area contributed by atoms with Gasteiger partial charge in [-0.3, -0.25) is 0 Å². The SMILES string of the molecule is CC(NCCOCc1ccc(Br)cc1)c1ccco1. The molecular formula is C15H18BrNO2. The van der Waals surface area contributed by atoms with E-state index in [4.69, 9.17) is 9.15 Å². The lowest BCUT2D eigenvalue weighted by Gasteiger charge is -2.11. The minimum absolute atomic E-state index is 0.214. The Labute approximate surface area is 122 Å². The van der Waals surface area contributed by atoms with Crippen LogP contribution in [0.25, 0.3) is 0 Å². The van der Waals surface area contributed by atoms with Crippen LogP contribution >= 0.6 is 15.9 Å². The summed E-state index contributed by atoms with van der Waals surface area (Å²) < 4.78 is 12.0. The summed E-state index contributed by atoms with van der Waals surface area (Å²) in [5.41, 5.74) is 1.18. The van der Waals surface area contributed by atoms with Gasteiger partial charge in [-0.15, -0.1) is 0 Å². The maximum absolute atomic E-state index is 5.62. The Morgan fingerprint density at radius 1 is 1.26 bits per heavy atom. The van der Waals surface area contributed by atoms with Crippen LogP contribution in [-0.4, -0.2) is 13.2 Å². The fraction of sp³-hybridized carbons (Fsp3) is 0.333. The summed E-state index contributed by atoms with van der Waals surface area (Å²) >= 11 is 3.41. The molecule has 0 fully saturated rings. The third kappa shape index (κ3) is 4.82. The number of hydrogen-bond acceptors (Lipinski definition) is 3. The molecule has 0 bridgehead atoms. The van der Waals surface area contributed by atoms with E-state index in [0.29, 0.717) is 13.2 Å². The first-order chi connectivity index (χ1) is 9.25. The fourth-order valence-corrected chi connectivity index (χ4v) is 2.02. The first-order valence-electron chi connectivity index (χ1n) is 6.34. The van der Waals surface area contributed by atoms with Crippen molar-refractivity contribution in [2.75, 3.05) is 13.2 Å². The molecule has 2 rings (SSSR count). The average Bonchev–Trinajstić information content (AvgIpc) is 2.94. The van der Waals surface area contributed by atoms with E-state index in [1.165, 1.54) is 5.56 Å². The summed E-state index contributed by atoms with van der Waals surface area (Å²) in [4.78, 5) is 0. The Morgan fingerprint density at radius 3 is 2.74 bits per heavy atom. The van der Waals surface area contributed by atoms with Crippen LogP contribution in [-0.2, 0) is 11.3 Å². The van der Waals surface area contributed by atoms with Gasteiger partial charge in [-0.05, 0) is 36.8 Å². The number of rotatable bonds is 7. The summed E-state index contributed by atoms with van der Waals surface area (Å²) in [5.74, 6) is 0.952. The van der Waals surface area contributed by atoms with Gasteiger partial charge in [0.15, 0.2) is 0 Å². The van der Waals surface area contributed by atoms with Crippen molar-refractivity contribution in [2.45, 2.75) is 19.6 Å². The van der Waals surface area contributed by atoms with Crippen molar-refractivity contribution in [3.8, 4) is 0 Å². The molecule has 102 valence electrons. The lowest BCUT2D eigenvalue weighted by Crippen LogP contribution is -2.22. The van der Waals surface area contributed by atoms with Gasteiger partial charge in [0.1, 0.15) is 5.76 Å². The van der Waals surface area contributed by atoms with Crippen molar-refractivity contribution in [3.05, 3.63) is 58.5 Å². The highest BCUT2D eigenvalue weighted by atomic mass is 79.9. The lowest BCUT2D eigenvalue weighted by atomic mass is 10.2. The molecule has 1 unspecified atom stereocenters. The zero-order valence-corrected chi connectivity index (χ0v) is 12.5. The zero-order chi connectivity index (χ0) is 13.5. The summed E-state index contributed by atoms with van der Waals surface area (Å²) in [6.45, 7) is 4.21. The van der Waals surface area contributed by atoms with E-state index in [9.17, 15) is 0 Å². The molecule has 0 saturated heterocycles. The topological polar surface area (TPSA) is 34.4 Å². The van der Waals surface area contributed by atoms with Gasteiger partial charge >= 0.3 is 0 Å². The highest BCUT2D eigenvalue weighted by Crippen LogP contribution is 2.12. The van der Waals surface area contributed by atoms with Crippen molar-refractivity contribution in [3.63, 3.8) is 0 Å². The molecule has 0 radical (unpaired) electrons. The standard InChI is InChI=1S/C15H18BrNO2/c1-12(15-3-2-9-19-15)17-8-10-18-11-13-4-6-14(16)7-5-13/h2-7,9,12,17H,8,10-11H2,1H3. The van der Waals surface area contributed by atoms with Crippen LogP contribution < -0.4 is 5.32 Å². The normalized spacial score (nSPS) is 12.5. The Hall–Kier alpha value is -1.10. The van der Waals surface area contributed by atoms with Crippen LogP contribution in [0, 0.1) is 0 Å². The van der Waals surface area contributed by atoms with E-state index in [1.54, 1.807) is 6.26 Å². The minimum atomic E-state index is 0.214. The molecule has 0 saturated carbocycles. The number of hydrogen-bond donors (Lipinski definition) is 1. The van der Waals surface area contributed by atoms with Crippen molar-refractivity contribution in [1.82, 2.24) is 5.32 Å². The quantitative estimate of drug-likeness (QED) is 0.784. The maximum atomic E-state index is 5.62. The molecule has 1 N–H and O–H groups in total. The third-order valence-electron chi connectivity index (χ3n) is 2.85. The molecule has 4 heteroatoms. The summed E-state index contributed by atoms with van der Waals surface area (Å²) in [6.07, 6.45) is 1.69. The van der Waals surface area contributed by atoms with Gasteiger partial charge in [0.05, 0.1) is 25.5 Å². The molecule has 0 aliphatic heterocycles. The van der Waals surface area contributed by atoms with Gasteiger partial charge in [-0.25, -0.2) is 0 Å². The van der Waals surface area contributed by atoms with Gasteiger partial charge in [-0.2, -0.15) is 0 Å². The Bertz CT molecular complexity index is 467. The van der Waals surface area contributed by atoms with Crippen molar-refractivity contribution in [2.24, 2.45) is 0 Å². The second-order valence-electron chi connectivity index (χ2n) is 4.37. The molecule has 3 nitrogen and oxygen atoms in total. The van der Waals surface area contributed by atoms with Crippen LogP contribution in [0.3, 0.4) is 0 Å². The van der Waals surface area contributed by atoms with E-state index in [1.807, 2.05) is 24.3 Å². The molecular weight excluding hydrogens is 306 g/mol. The van der Waals surface area contributed by atoms with E-state index >= 15 is 0 Å². The number of benzene rings is 1. The van der Waals surface area contributed by atoms with Crippen molar-refractivity contribution < 1.29 is 9.15 Å². The van der Waals surface area contributed by atoms with Crippen LogP contribution in [0.15, 0.2) is 51.6 Å². The molecule has 1 aromatic heterocycles. The van der Waals surface area contributed by atoms with E-state index in [2.05, 4.69) is 40.3 Å². The van der Waals surface area contributed by atoms with Gasteiger partial charge in [-0.1, -0.05) is 28.1 Å². The summed E-state index contributed by atoms with van der Waals surface area (Å²) in [6, 6.07) is 12.3. The first-order valence-corrected chi connectivity index (χ1v) is 7.14. The number of furan rings is 1. The number of nitrogens with one attached hydrogen (secondary N) is 1. The molecule has 1 heterocycles. The highest BCUT2D eigenvalue weighted by molar-refractivity contribution is 9.10. The smallest absolute Gasteiger partial charge is 0.120 e. The van der Waals surface area contributed by atoms with Gasteiger partial charge in [0.2, 0.25) is 0 Å². The van der Waals surface area contributed by atoms with Gasteiger partial charge in [0.25, 0.3) is 0 Å². The van der Waals surface area contributed by atoms with Crippen molar-refractivity contribution in [1.29, 1.82) is 0 Å². The summed E-state index contributed by atoms with van der Waals surface area (Å²) in [7, 11) is 0. The molecule has 2 aromatic rings. The second kappa shape index (κ2) is 7.48. The Balaban J connectivity index is 1.61. The summed E-state index contributed by atoms with van der Waals surface area (Å²) in [5, 5.41) is 3.35. The first kappa shape index (κ1) is 14.3. The Kier molecular flexibility index (Phi) is 5.63. The average molecular weight is 324 g/mol. The zero-order valence-electron chi connectivity index (χ0n) is 10.9. The largest absolute Gasteiger partial charge is 0.468 e. The van der Waals surface area contributed by atoms with Gasteiger partial charge in [0, 0.05) is 11.0 Å². The molecule has 0 aliphatic rings. The predicted octanol–water partition coefficient (Wildman–Crippen LogP) is 3.91. The van der Waals surface area contributed by atoms with E-state index < -0.39 is 0 Å². The number of ether oxygens (including phenoxy) is 1. The molecule has 0 amide bonds. The third-order valence-corrected chi connectivity index (χ3v) is 3.38. The van der Waals surface area contributed by atoms with Crippen LogP contribution in [0.2, 0.25) is 0 Å². The van der Waals surface area contributed by atoms with Crippen molar-refractivity contribution >= 4 is 15.9 Å². The molecule has 19 heavy (non-hydrogen) atoms. The second-order valence-corrected chi connectivity index (χ2v) is 5.29. The van der Waals surface area contributed by atoms with Crippen LogP contribution in [0.4, 0.5) is 0 Å². The van der Waals surface area contributed by atoms with Gasteiger partial charge < -0.3 is 14.5 Å². The van der Waals surface area contributed by atoms with Crippen LogP contribution in [0.1, 0.15) is 24.3 Å². The highest BCUT2D eigenvalue weighted by Gasteiger charge is 2.06. The molecule has 1 aromatic carbocycles. The Morgan fingerprint density at radius 2 is 2.05 bits per heavy atom. The predicted molar refractivity (Wildman–Crippen MR) is 78.9 cm³/mol. The van der Waals surface area contributed by atoms with Crippen LogP contribution in [0.5, 0.6) is 0 Å².